The monoisotopic (exact) mass is 516 g/mol. The summed E-state index contributed by atoms with van der Waals surface area (Å²) < 4.78 is 13.0. The van der Waals surface area contributed by atoms with E-state index in [0.717, 1.165) is 39.0 Å². The van der Waals surface area contributed by atoms with Gasteiger partial charge in [0.05, 0.1) is 18.7 Å². The Morgan fingerprint density at radius 3 is 2.70 bits per heavy atom. The number of benzene rings is 1. The van der Waals surface area contributed by atoms with Gasteiger partial charge in [0.2, 0.25) is 0 Å². The molecule has 0 aliphatic heterocycles. The SMILES string of the molecule is C=C/C=C(/c1cc(C)nc2c(OCc3c(Cl)cncc3Cn3cccc(OC)c3=O)cccc12)N(C)C. The minimum absolute atomic E-state index is 0.183. The van der Waals surface area contributed by atoms with E-state index in [1.807, 2.05) is 50.2 Å². The number of para-hydroxylation sites is 1. The molecular formula is C29H29ClN4O3. The van der Waals surface area contributed by atoms with E-state index in [-0.39, 0.29) is 24.5 Å². The highest BCUT2D eigenvalue weighted by Gasteiger charge is 2.16. The number of ether oxygens (including phenoxy) is 2. The van der Waals surface area contributed by atoms with E-state index < -0.39 is 0 Å². The number of halogens is 1. The Kier molecular flexibility index (Phi) is 7.94. The molecule has 0 radical (unpaired) electrons. The predicted molar refractivity (Wildman–Crippen MR) is 148 cm³/mol. The average molecular weight is 517 g/mol. The second kappa shape index (κ2) is 11.3. The average Bonchev–Trinajstić information content (AvgIpc) is 2.87. The van der Waals surface area contributed by atoms with Crippen molar-refractivity contribution in [3.05, 3.63) is 111 Å². The van der Waals surface area contributed by atoms with E-state index >= 15 is 0 Å². The Morgan fingerprint density at radius 1 is 1.19 bits per heavy atom. The molecule has 0 amide bonds. The molecule has 4 aromatic rings. The van der Waals surface area contributed by atoms with Gasteiger partial charge < -0.3 is 18.9 Å². The van der Waals surface area contributed by atoms with Crippen molar-refractivity contribution < 1.29 is 9.47 Å². The van der Waals surface area contributed by atoms with Crippen molar-refractivity contribution in [2.24, 2.45) is 0 Å². The summed E-state index contributed by atoms with van der Waals surface area (Å²) >= 11 is 6.55. The van der Waals surface area contributed by atoms with Crippen LogP contribution >= 0.6 is 11.6 Å². The van der Waals surface area contributed by atoms with Crippen LogP contribution in [-0.2, 0) is 13.2 Å². The van der Waals surface area contributed by atoms with E-state index in [9.17, 15) is 4.79 Å². The molecule has 0 aliphatic carbocycles. The van der Waals surface area contributed by atoms with E-state index in [2.05, 4.69) is 17.6 Å². The lowest BCUT2D eigenvalue weighted by Crippen LogP contribution is -2.22. The van der Waals surface area contributed by atoms with Gasteiger partial charge in [-0.25, -0.2) is 4.98 Å². The third-order valence-electron chi connectivity index (χ3n) is 5.98. The van der Waals surface area contributed by atoms with Gasteiger partial charge in [-0.15, -0.1) is 0 Å². The zero-order valence-corrected chi connectivity index (χ0v) is 22.1. The fraction of sp³-hybridized carbons (Fsp3) is 0.207. The number of fused-ring (bicyclic) bond motifs is 1. The van der Waals surface area contributed by atoms with Crippen LogP contribution < -0.4 is 15.0 Å². The predicted octanol–water partition coefficient (Wildman–Crippen LogP) is 5.48. The zero-order valence-electron chi connectivity index (χ0n) is 21.4. The summed E-state index contributed by atoms with van der Waals surface area (Å²) in [4.78, 5) is 23.7. The fourth-order valence-electron chi connectivity index (χ4n) is 4.20. The molecule has 0 atom stereocenters. The van der Waals surface area contributed by atoms with Crippen LogP contribution in [0.3, 0.4) is 0 Å². The molecule has 3 heterocycles. The molecule has 37 heavy (non-hydrogen) atoms. The molecule has 0 spiro atoms. The van der Waals surface area contributed by atoms with E-state index in [0.29, 0.717) is 10.8 Å². The highest BCUT2D eigenvalue weighted by molar-refractivity contribution is 6.31. The van der Waals surface area contributed by atoms with Gasteiger partial charge in [0, 0.05) is 60.6 Å². The number of nitrogens with zero attached hydrogens (tertiary/aromatic N) is 4. The van der Waals surface area contributed by atoms with Crippen LogP contribution in [0.25, 0.3) is 16.6 Å². The van der Waals surface area contributed by atoms with Gasteiger partial charge in [-0.05, 0) is 42.8 Å². The summed E-state index contributed by atoms with van der Waals surface area (Å²) in [5, 5.41) is 1.43. The number of pyridine rings is 3. The lowest BCUT2D eigenvalue weighted by molar-refractivity contribution is 0.307. The van der Waals surface area contributed by atoms with Crippen molar-refractivity contribution in [1.82, 2.24) is 19.4 Å². The topological polar surface area (TPSA) is 69.5 Å². The number of allylic oxidation sites excluding steroid dienone is 2. The van der Waals surface area contributed by atoms with Gasteiger partial charge in [0.25, 0.3) is 5.56 Å². The van der Waals surface area contributed by atoms with Gasteiger partial charge in [0.15, 0.2) is 5.75 Å². The van der Waals surface area contributed by atoms with Gasteiger partial charge in [0.1, 0.15) is 17.9 Å². The maximum Gasteiger partial charge on any atom is 0.293 e. The third kappa shape index (κ3) is 5.52. The van der Waals surface area contributed by atoms with E-state index in [1.54, 1.807) is 41.4 Å². The Morgan fingerprint density at radius 2 is 1.97 bits per heavy atom. The van der Waals surface area contributed by atoms with Crippen LogP contribution in [0, 0.1) is 6.92 Å². The van der Waals surface area contributed by atoms with Crippen molar-refractivity contribution in [1.29, 1.82) is 0 Å². The number of aromatic nitrogens is 3. The fourth-order valence-corrected chi connectivity index (χ4v) is 4.43. The van der Waals surface area contributed by atoms with Gasteiger partial charge in [-0.3, -0.25) is 9.78 Å². The van der Waals surface area contributed by atoms with Crippen LogP contribution in [0.2, 0.25) is 5.02 Å². The smallest absolute Gasteiger partial charge is 0.293 e. The van der Waals surface area contributed by atoms with Crippen LogP contribution in [-0.4, -0.2) is 40.6 Å². The molecular weight excluding hydrogens is 488 g/mol. The quantitative estimate of drug-likeness (QED) is 0.274. The summed E-state index contributed by atoms with van der Waals surface area (Å²) in [5.74, 6) is 0.905. The molecule has 0 saturated carbocycles. The molecule has 4 rings (SSSR count). The first-order valence-corrected chi connectivity index (χ1v) is 12.1. The minimum atomic E-state index is -0.234. The first kappa shape index (κ1) is 26.0. The van der Waals surface area contributed by atoms with Crippen LogP contribution in [0.15, 0.2) is 78.5 Å². The third-order valence-corrected chi connectivity index (χ3v) is 6.30. The summed E-state index contributed by atoms with van der Waals surface area (Å²) in [6.45, 7) is 6.29. The van der Waals surface area contributed by atoms with Crippen LogP contribution in [0.5, 0.6) is 11.5 Å². The van der Waals surface area contributed by atoms with Crippen molar-refractivity contribution in [2.45, 2.75) is 20.1 Å². The first-order chi connectivity index (χ1) is 17.8. The molecule has 3 aromatic heterocycles. The molecule has 0 unspecified atom stereocenters. The zero-order chi connectivity index (χ0) is 26.5. The maximum atomic E-state index is 12.7. The number of hydrogen-bond acceptors (Lipinski definition) is 6. The van der Waals surface area contributed by atoms with Crippen molar-refractivity contribution in [2.75, 3.05) is 21.2 Å². The number of methoxy groups -OCH3 is 1. The van der Waals surface area contributed by atoms with Crippen molar-refractivity contribution in [3.8, 4) is 11.5 Å². The molecule has 0 bridgehead atoms. The lowest BCUT2D eigenvalue weighted by Gasteiger charge is -2.20. The number of aryl methyl sites for hydroxylation is 1. The van der Waals surface area contributed by atoms with E-state index in [4.69, 9.17) is 26.1 Å². The van der Waals surface area contributed by atoms with E-state index in [1.165, 1.54) is 7.11 Å². The van der Waals surface area contributed by atoms with Gasteiger partial charge in [-0.2, -0.15) is 0 Å². The summed E-state index contributed by atoms with van der Waals surface area (Å²) in [6.07, 6.45) is 8.73. The summed E-state index contributed by atoms with van der Waals surface area (Å²) in [7, 11) is 5.47. The van der Waals surface area contributed by atoms with Crippen LogP contribution in [0.4, 0.5) is 0 Å². The molecule has 0 aliphatic rings. The molecule has 1 aromatic carbocycles. The minimum Gasteiger partial charge on any atom is -0.491 e. The standard InChI is InChI=1S/C29H29ClN4O3/c1-6-9-25(33(3)4)22-14-19(2)32-28-21(22)10-7-11-26(28)37-18-23-20(15-31-16-24(23)30)17-34-13-8-12-27(36-5)29(34)35/h6-16H,1,17-18H2,2-5H3/b25-9-. The normalized spacial score (nSPS) is 11.4. The molecule has 190 valence electrons. The number of hydrogen-bond donors (Lipinski definition) is 0. The Bertz CT molecular complexity index is 1540. The first-order valence-electron chi connectivity index (χ1n) is 11.7. The summed E-state index contributed by atoms with van der Waals surface area (Å²) in [6, 6.07) is 11.3. The highest BCUT2D eigenvalue weighted by atomic mass is 35.5. The number of rotatable bonds is 9. The van der Waals surface area contributed by atoms with Gasteiger partial charge >= 0.3 is 0 Å². The Balaban J connectivity index is 1.71. The molecule has 0 fully saturated rings. The Hall–Kier alpha value is -4.10. The Labute approximate surface area is 221 Å². The molecule has 0 N–H and O–H groups in total. The summed E-state index contributed by atoms with van der Waals surface area (Å²) in [5.41, 5.74) is 4.97. The van der Waals surface area contributed by atoms with Crippen molar-refractivity contribution >= 4 is 28.2 Å². The molecule has 8 heteroatoms. The highest BCUT2D eigenvalue weighted by Crippen LogP contribution is 2.32. The lowest BCUT2D eigenvalue weighted by atomic mass is 10.0. The molecule has 0 saturated heterocycles. The second-order valence-corrected chi connectivity index (χ2v) is 9.11. The van der Waals surface area contributed by atoms with Crippen LogP contribution in [0.1, 0.15) is 22.4 Å². The molecule has 7 nitrogen and oxygen atoms in total. The maximum absolute atomic E-state index is 12.7. The largest absolute Gasteiger partial charge is 0.491 e. The van der Waals surface area contributed by atoms with Gasteiger partial charge in [-0.1, -0.05) is 36.4 Å². The van der Waals surface area contributed by atoms with Crippen molar-refractivity contribution in [3.63, 3.8) is 0 Å². The second-order valence-electron chi connectivity index (χ2n) is 8.70.